The molecule has 0 aliphatic carbocycles. The Morgan fingerprint density at radius 2 is 2.05 bits per heavy atom. The third-order valence-corrected chi connectivity index (χ3v) is 4.18. The van der Waals surface area contributed by atoms with Gasteiger partial charge in [0.1, 0.15) is 0 Å². The molecule has 21 heavy (non-hydrogen) atoms. The highest BCUT2D eigenvalue weighted by Gasteiger charge is 2.20. The van der Waals surface area contributed by atoms with Crippen molar-refractivity contribution < 1.29 is 0 Å². The second-order valence-corrected chi connectivity index (χ2v) is 6.68. The average Bonchev–Trinajstić information content (AvgIpc) is 2.49. The second kappa shape index (κ2) is 6.73. The number of nitrogens with zero attached hydrogens (tertiary/aromatic N) is 2. The van der Waals surface area contributed by atoms with Crippen molar-refractivity contribution in [3.8, 4) is 0 Å². The molecule has 0 atom stereocenters. The minimum Gasteiger partial charge on any atom is -0.330 e. The topological polar surface area (TPSA) is 42.2 Å². The van der Waals surface area contributed by atoms with E-state index in [1.807, 2.05) is 24.4 Å². The highest BCUT2D eigenvalue weighted by atomic mass is 35.5. The minimum atomic E-state index is 0.117. The predicted octanol–water partition coefficient (Wildman–Crippen LogP) is 3.70. The molecule has 0 fully saturated rings. The maximum atomic E-state index is 6.26. The number of nitrogens with two attached hydrogens (primary N) is 1. The van der Waals surface area contributed by atoms with E-state index in [0.29, 0.717) is 6.54 Å². The number of rotatable bonds is 6. The van der Waals surface area contributed by atoms with Crippen molar-refractivity contribution in [2.45, 2.75) is 27.3 Å². The lowest BCUT2D eigenvalue weighted by atomic mass is 9.93. The number of hydrogen-bond acceptors (Lipinski definition) is 3. The molecule has 0 saturated heterocycles. The van der Waals surface area contributed by atoms with Gasteiger partial charge in [-0.2, -0.15) is 0 Å². The Balaban J connectivity index is 2.28. The van der Waals surface area contributed by atoms with Crippen molar-refractivity contribution in [2.75, 3.05) is 19.6 Å². The Morgan fingerprint density at radius 3 is 2.71 bits per heavy atom. The Morgan fingerprint density at radius 1 is 1.29 bits per heavy atom. The van der Waals surface area contributed by atoms with Crippen molar-refractivity contribution in [2.24, 2.45) is 11.1 Å². The van der Waals surface area contributed by atoms with Gasteiger partial charge in [-0.05, 0) is 42.3 Å². The zero-order chi connectivity index (χ0) is 15.5. The van der Waals surface area contributed by atoms with Crippen molar-refractivity contribution in [1.29, 1.82) is 0 Å². The fourth-order valence-corrected chi connectivity index (χ4v) is 2.73. The fraction of sp³-hybridized carbons (Fsp3) is 0.471. The molecule has 1 heterocycles. The van der Waals surface area contributed by atoms with E-state index in [-0.39, 0.29) is 5.41 Å². The fourth-order valence-electron chi connectivity index (χ4n) is 2.51. The summed E-state index contributed by atoms with van der Waals surface area (Å²) in [5.41, 5.74) is 8.18. The van der Waals surface area contributed by atoms with Crippen LogP contribution < -0.4 is 5.73 Å². The third kappa shape index (κ3) is 3.94. The first-order chi connectivity index (χ1) is 9.96. The van der Waals surface area contributed by atoms with Crippen molar-refractivity contribution in [3.05, 3.63) is 41.0 Å². The average molecular weight is 306 g/mol. The van der Waals surface area contributed by atoms with E-state index in [4.69, 9.17) is 17.3 Å². The summed E-state index contributed by atoms with van der Waals surface area (Å²) in [4.78, 5) is 6.92. The van der Waals surface area contributed by atoms with Crippen LogP contribution in [-0.2, 0) is 6.54 Å². The molecule has 0 spiro atoms. The molecule has 0 bridgehead atoms. The summed E-state index contributed by atoms with van der Waals surface area (Å²) in [5.74, 6) is 0. The number of hydrogen-bond donors (Lipinski definition) is 1. The highest BCUT2D eigenvalue weighted by molar-refractivity contribution is 6.35. The van der Waals surface area contributed by atoms with Crippen LogP contribution in [0.4, 0.5) is 0 Å². The smallest absolute Gasteiger partial charge is 0.0761 e. The quantitative estimate of drug-likeness (QED) is 0.885. The Kier molecular flexibility index (Phi) is 5.20. The third-order valence-electron chi connectivity index (χ3n) is 3.85. The summed E-state index contributed by atoms with van der Waals surface area (Å²) < 4.78 is 0. The SMILES string of the molecule is CCN(Cc1ccc(Cl)c2cccnc12)CC(C)(C)CN. The summed E-state index contributed by atoms with van der Waals surface area (Å²) in [6, 6.07) is 7.99. The van der Waals surface area contributed by atoms with Gasteiger partial charge in [0, 0.05) is 29.7 Å². The Labute approximate surface area is 132 Å². The largest absolute Gasteiger partial charge is 0.330 e. The lowest BCUT2D eigenvalue weighted by molar-refractivity contribution is 0.184. The van der Waals surface area contributed by atoms with Gasteiger partial charge in [-0.3, -0.25) is 9.88 Å². The summed E-state index contributed by atoms with van der Waals surface area (Å²) in [7, 11) is 0. The normalized spacial score (nSPS) is 12.3. The molecule has 2 N–H and O–H groups in total. The van der Waals surface area contributed by atoms with Crippen LogP contribution in [0.1, 0.15) is 26.3 Å². The molecule has 4 heteroatoms. The van der Waals surface area contributed by atoms with Crippen LogP contribution in [-0.4, -0.2) is 29.5 Å². The van der Waals surface area contributed by atoms with Gasteiger partial charge in [0.25, 0.3) is 0 Å². The van der Waals surface area contributed by atoms with Gasteiger partial charge < -0.3 is 5.73 Å². The van der Waals surface area contributed by atoms with Crippen molar-refractivity contribution >= 4 is 22.5 Å². The lowest BCUT2D eigenvalue weighted by Crippen LogP contribution is -2.38. The first kappa shape index (κ1) is 16.2. The van der Waals surface area contributed by atoms with Gasteiger partial charge in [-0.15, -0.1) is 0 Å². The van der Waals surface area contributed by atoms with E-state index < -0.39 is 0 Å². The number of aromatic nitrogens is 1. The molecule has 1 aromatic carbocycles. The molecule has 2 rings (SSSR count). The summed E-state index contributed by atoms with van der Waals surface area (Å²) in [5, 5.41) is 1.78. The zero-order valence-corrected chi connectivity index (χ0v) is 13.8. The molecule has 0 aliphatic heterocycles. The van der Waals surface area contributed by atoms with Crippen LogP contribution in [0.15, 0.2) is 30.5 Å². The number of halogens is 1. The van der Waals surface area contributed by atoms with Gasteiger partial charge in [-0.25, -0.2) is 0 Å². The molecule has 0 unspecified atom stereocenters. The van der Waals surface area contributed by atoms with Gasteiger partial charge in [0.15, 0.2) is 0 Å². The van der Waals surface area contributed by atoms with Crippen LogP contribution in [0.5, 0.6) is 0 Å². The van der Waals surface area contributed by atoms with E-state index in [0.717, 1.165) is 35.6 Å². The second-order valence-electron chi connectivity index (χ2n) is 6.28. The number of fused-ring (bicyclic) bond motifs is 1. The van der Waals surface area contributed by atoms with Crippen molar-refractivity contribution in [3.63, 3.8) is 0 Å². The summed E-state index contributed by atoms with van der Waals surface area (Å²) >= 11 is 6.26. The molecule has 2 aromatic rings. The minimum absolute atomic E-state index is 0.117. The standard InChI is InChI=1S/C17H24ClN3/c1-4-21(12-17(2,3)11-19)10-13-7-8-15(18)14-6-5-9-20-16(13)14/h5-9H,4,10-12,19H2,1-3H3. The molecular weight excluding hydrogens is 282 g/mol. The van der Waals surface area contributed by atoms with E-state index in [2.05, 4.69) is 36.7 Å². The van der Waals surface area contributed by atoms with E-state index in [1.165, 1.54) is 5.56 Å². The number of benzene rings is 1. The maximum absolute atomic E-state index is 6.26. The molecule has 0 saturated carbocycles. The predicted molar refractivity (Wildman–Crippen MR) is 90.5 cm³/mol. The summed E-state index contributed by atoms with van der Waals surface area (Å²) in [6.07, 6.45) is 1.82. The van der Waals surface area contributed by atoms with Crippen LogP contribution in [0.25, 0.3) is 10.9 Å². The van der Waals surface area contributed by atoms with E-state index >= 15 is 0 Å². The maximum Gasteiger partial charge on any atom is 0.0761 e. The van der Waals surface area contributed by atoms with E-state index in [1.54, 1.807) is 0 Å². The molecular formula is C17H24ClN3. The number of pyridine rings is 1. The zero-order valence-electron chi connectivity index (χ0n) is 13.1. The first-order valence-corrected chi connectivity index (χ1v) is 7.79. The Bertz CT molecular complexity index is 610. The molecule has 0 amide bonds. The molecule has 1 aromatic heterocycles. The lowest BCUT2D eigenvalue weighted by Gasteiger charge is -2.31. The highest BCUT2D eigenvalue weighted by Crippen LogP contribution is 2.26. The first-order valence-electron chi connectivity index (χ1n) is 7.41. The van der Waals surface area contributed by atoms with E-state index in [9.17, 15) is 0 Å². The van der Waals surface area contributed by atoms with Crippen LogP contribution in [0.3, 0.4) is 0 Å². The van der Waals surface area contributed by atoms with Gasteiger partial charge >= 0.3 is 0 Å². The molecule has 114 valence electrons. The van der Waals surface area contributed by atoms with Crippen molar-refractivity contribution in [1.82, 2.24) is 9.88 Å². The molecule has 3 nitrogen and oxygen atoms in total. The van der Waals surface area contributed by atoms with Gasteiger partial charge in [-0.1, -0.05) is 38.4 Å². The van der Waals surface area contributed by atoms with Crippen LogP contribution in [0.2, 0.25) is 5.02 Å². The summed E-state index contributed by atoms with van der Waals surface area (Å²) in [6.45, 7) is 10.1. The monoisotopic (exact) mass is 305 g/mol. The van der Waals surface area contributed by atoms with Gasteiger partial charge in [0.05, 0.1) is 5.52 Å². The Hall–Kier alpha value is -1.16. The van der Waals surface area contributed by atoms with Crippen LogP contribution in [0, 0.1) is 5.41 Å². The van der Waals surface area contributed by atoms with Gasteiger partial charge in [0.2, 0.25) is 0 Å². The van der Waals surface area contributed by atoms with Crippen LogP contribution >= 0.6 is 11.6 Å². The molecule has 0 aliphatic rings. The molecule has 0 radical (unpaired) electrons.